The summed E-state index contributed by atoms with van der Waals surface area (Å²) in [7, 11) is 1.67. The van der Waals surface area contributed by atoms with Crippen LogP contribution in [-0.2, 0) is 11.3 Å². The van der Waals surface area contributed by atoms with E-state index in [1.165, 1.54) is 24.0 Å². The normalized spacial score (nSPS) is 10.3. The smallest absolute Gasteiger partial charge is 0.258 e. The lowest BCUT2D eigenvalue weighted by molar-refractivity contribution is -0.128. The Kier molecular flexibility index (Phi) is 5.34. The maximum absolute atomic E-state index is 13.8. The molecule has 0 aromatic heterocycles. The Morgan fingerprint density at radius 2 is 1.91 bits per heavy atom. The minimum atomic E-state index is -0.687. The maximum Gasteiger partial charge on any atom is 0.258 e. The van der Waals surface area contributed by atoms with E-state index in [0.717, 1.165) is 11.6 Å². The van der Waals surface area contributed by atoms with E-state index in [1.54, 1.807) is 25.2 Å². The van der Waals surface area contributed by atoms with Gasteiger partial charge in [-0.1, -0.05) is 29.8 Å². The zero-order chi connectivity index (χ0) is 17.0. The van der Waals surface area contributed by atoms with Gasteiger partial charge in [-0.15, -0.1) is 0 Å². The maximum atomic E-state index is 13.8. The van der Waals surface area contributed by atoms with Crippen molar-refractivity contribution in [2.75, 3.05) is 12.4 Å². The standard InChI is InChI=1S/C17H16ClFN2O2/c1-11(22)21(2)10-12-5-3-4-6-16(12)20-17(23)14-8-7-13(18)9-15(14)19/h3-9H,10H2,1-2H3,(H,20,23). The first-order chi connectivity index (χ1) is 10.9. The lowest BCUT2D eigenvalue weighted by Crippen LogP contribution is -2.24. The summed E-state index contributed by atoms with van der Waals surface area (Å²) in [5.41, 5.74) is 1.19. The van der Waals surface area contributed by atoms with Gasteiger partial charge in [0, 0.05) is 31.2 Å². The van der Waals surface area contributed by atoms with Crippen LogP contribution in [-0.4, -0.2) is 23.8 Å². The molecule has 0 aliphatic carbocycles. The van der Waals surface area contributed by atoms with Gasteiger partial charge in [0.1, 0.15) is 5.82 Å². The molecule has 0 radical (unpaired) electrons. The van der Waals surface area contributed by atoms with Crippen LogP contribution in [0.15, 0.2) is 42.5 Å². The van der Waals surface area contributed by atoms with E-state index in [-0.39, 0.29) is 16.5 Å². The molecule has 1 N–H and O–H groups in total. The molecule has 0 bridgehead atoms. The number of benzene rings is 2. The zero-order valence-electron chi connectivity index (χ0n) is 12.8. The van der Waals surface area contributed by atoms with Crippen molar-refractivity contribution in [1.82, 2.24) is 4.90 Å². The Morgan fingerprint density at radius 1 is 1.22 bits per heavy atom. The quantitative estimate of drug-likeness (QED) is 0.926. The molecule has 0 aliphatic heterocycles. The van der Waals surface area contributed by atoms with Crippen LogP contribution in [0.25, 0.3) is 0 Å². The van der Waals surface area contributed by atoms with E-state index >= 15 is 0 Å². The fourth-order valence-electron chi connectivity index (χ4n) is 2.01. The van der Waals surface area contributed by atoms with Crippen LogP contribution in [0.2, 0.25) is 5.02 Å². The molecular formula is C17H16ClFN2O2. The Bertz CT molecular complexity index is 749. The third-order valence-electron chi connectivity index (χ3n) is 3.39. The Labute approximate surface area is 138 Å². The number of carbonyl (C=O) groups is 2. The van der Waals surface area contributed by atoms with Gasteiger partial charge in [0.2, 0.25) is 5.91 Å². The predicted molar refractivity (Wildman–Crippen MR) is 88.0 cm³/mol. The van der Waals surface area contributed by atoms with Gasteiger partial charge in [0.25, 0.3) is 5.91 Å². The molecule has 0 aliphatic rings. The summed E-state index contributed by atoms with van der Waals surface area (Å²) >= 11 is 5.68. The predicted octanol–water partition coefficient (Wildman–Crippen LogP) is 3.71. The summed E-state index contributed by atoms with van der Waals surface area (Å²) in [6.07, 6.45) is 0. The number of nitrogens with one attached hydrogen (secondary N) is 1. The van der Waals surface area contributed by atoms with Gasteiger partial charge < -0.3 is 10.2 Å². The van der Waals surface area contributed by atoms with Crippen LogP contribution in [0.4, 0.5) is 10.1 Å². The number of para-hydroxylation sites is 1. The van der Waals surface area contributed by atoms with E-state index in [4.69, 9.17) is 11.6 Å². The minimum Gasteiger partial charge on any atom is -0.342 e. The van der Waals surface area contributed by atoms with Crippen LogP contribution in [0.1, 0.15) is 22.8 Å². The molecule has 0 atom stereocenters. The number of carbonyl (C=O) groups excluding carboxylic acids is 2. The van der Waals surface area contributed by atoms with Gasteiger partial charge in [-0.25, -0.2) is 4.39 Å². The van der Waals surface area contributed by atoms with Gasteiger partial charge in [0.05, 0.1) is 5.56 Å². The first-order valence-corrected chi connectivity index (χ1v) is 7.32. The summed E-state index contributed by atoms with van der Waals surface area (Å²) in [5.74, 6) is -1.35. The van der Waals surface area contributed by atoms with E-state index < -0.39 is 11.7 Å². The van der Waals surface area contributed by atoms with Gasteiger partial charge in [-0.2, -0.15) is 0 Å². The lowest BCUT2D eigenvalue weighted by Gasteiger charge is -2.18. The topological polar surface area (TPSA) is 49.4 Å². The second kappa shape index (κ2) is 7.24. The lowest BCUT2D eigenvalue weighted by atomic mass is 10.1. The first kappa shape index (κ1) is 17.0. The summed E-state index contributed by atoms with van der Waals surface area (Å²) in [4.78, 5) is 25.1. The van der Waals surface area contributed by atoms with E-state index in [9.17, 15) is 14.0 Å². The number of hydrogen-bond donors (Lipinski definition) is 1. The van der Waals surface area contributed by atoms with Crippen molar-refractivity contribution >= 4 is 29.1 Å². The summed E-state index contributed by atoms with van der Waals surface area (Å²) < 4.78 is 13.8. The highest BCUT2D eigenvalue weighted by molar-refractivity contribution is 6.30. The van der Waals surface area contributed by atoms with Crippen LogP contribution in [0, 0.1) is 5.82 Å². The molecule has 0 saturated heterocycles. The van der Waals surface area contributed by atoms with Crippen molar-refractivity contribution in [3.8, 4) is 0 Å². The van der Waals surface area contributed by atoms with Crippen LogP contribution in [0.5, 0.6) is 0 Å². The third-order valence-corrected chi connectivity index (χ3v) is 3.62. The summed E-state index contributed by atoms with van der Waals surface area (Å²) in [6.45, 7) is 1.80. The average molecular weight is 335 g/mol. The van der Waals surface area contributed by atoms with Gasteiger partial charge in [-0.05, 0) is 29.8 Å². The number of nitrogens with zero attached hydrogens (tertiary/aromatic N) is 1. The van der Waals surface area contributed by atoms with Crippen LogP contribution in [0.3, 0.4) is 0 Å². The largest absolute Gasteiger partial charge is 0.342 e. The molecule has 2 aromatic rings. The second-order valence-corrected chi connectivity index (χ2v) is 5.55. The minimum absolute atomic E-state index is 0.0881. The Morgan fingerprint density at radius 3 is 2.57 bits per heavy atom. The van der Waals surface area contributed by atoms with Crippen molar-refractivity contribution in [3.05, 3.63) is 64.4 Å². The SMILES string of the molecule is CC(=O)N(C)Cc1ccccc1NC(=O)c1ccc(Cl)cc1F. The van der Waals surface area contributed by atoms with Crippen molar-refractivity contribution in [1.29, 1.82) is 0 Å². The zero-order valence-corrected chi connectivity index (χ0v) is 13.5. The van der Waals surface area contributed by atoms with Crippen LogP contribution < -0.4 is 5.32 Å². The molecule has 6 heteroatoms. The van der Waals surface area contributed by atoms with Crippen molar-refractivity contribution in [2.24, 2.45) is 0 Å². The molecule has 0 heterocycles. The molecule has 0 unspecified atom stereocenters. The van der Waals surface area contributed by atoms with E-state index in [1.807, 2.05) is 6.07 Å². The monoisotopic (exact) mass is 334 g/mol. The molecule has 0 saturated carbocycles. The molecule has 2 rings (SSSR count). The fraction of sp³-hybridized carbons (Fsp3) is 0.176. The van der Waals surface area contributed by atoms with Gasteiger partial charge >= 0.3 is 0 Å². The number of anilines is 1. The molecule has 2 amide bonds. The Balaban J connectivity index is 2.22. The molecular weight excluding hydrogens is 319 g/mol. The highest BCUT2D eigenvalue weighted by atomic mass is 35.5. The molecule has 23 heavy (non-hydrogen) atoms. The van der Waals surface area contributed by atoms with Crippen LogP contribution >= 0.6 is 11.6 Å². The molecule has 0 spiro atoms. The fourth-order valence-corrected chi connectivity index (χ4v) is 2.17. The average Bonchev–Trinajstić information content (AvgIpc) is 2.48. The summed E-state index contributed by atoms with van der Waals surface area (Å²) in [6, 6.07) is 10.9. The number of halogens is 2. The molecule has 120 valence electrons. The van der Waals surface area contributed by atoms with E-state index in [2.05, 4.69) is 5.32 Å². The number of rotatable bonds is 4. The molecule has 0 fully saturated rings. The van der Waals surface area contributed by atoms with Gasteiger partial charge in [0.15, 0.2) is 0 Å². The van der Waals surface area contributed by atoms with Crippen molar-refractivity contribution in [3.63, 3.8) is 0 Å². The molecule has 4 nitrogen and oxygen atoms in total. The van der Waals surface area contributed by atoms with Gasteiger partial charge in [-0.3, -0.25) is 9.59 Å². The van der Waals surface area contributed by atoms with Crippen molar-refractivity contribution < 1.29 is 14.0 Å². The summed E-state index contributed by atoms with van der Waals surface area (Å²) in [5, 5.41) is 2.90. The van der Waals surface area contributed by atoms with Crippen molar-refractivity contribution in [2.45, 2.75) is 13.5 Å². The first-order valence-electron chi connectivity index (χ1n) is 6.94. The Hall–Kier alpha value is -2.40. The highest BCUT2D eigenvalue weighted by Gasteiger charge is 2.14. The number of amides is 2. The number of hydrogen-bond acceptors (Lipinski definition) is 2. The highest BCUT2D eigenvalue weighted by Crippen LogP contribution is 2.20. The van der Waals surface area contributed by atoms with E-state index in [0.29, 0.717) is 12.2 Å². The second-order valence-electron chi connectivity index (χ2n) is 5.11. The molecule has 2 aromatic carbocycles. The third kappa shape index (κ3) is 4.29.